The number of halogens is 1. The molecule has 0 spiro atoms. The molecule has 4 rings (SSSR count). The van der Waals surface area contributed by atoms with Crippen molar-refractivity contribution < 1.29 is 14.0 Å². The lowest BCUT2D eigenvalue weighted by Gasteiger charge is -2.24. The van der Waals surface area contributed by atoms with Crippen LogP contribution >= 0.6 is 0 Å². The zero-order valence-electron chi connectivity index (χ0n) is 13.1. The first-order valence-electron chi connectivity index (χ1n) is 7.75. The third-order valence-electron chi connectivity index (χ3n) is 4.21. The number of nitrogens with zero attached hydrogens (tertiary/aromatic N) is 3. The molecule has 3 aromatic rings. The molecule has 1 aromatic carbocycles. The quantitative estimate of drug-likeness (QED) is 0.759. The van der Waals surface area contributed by atoms with Crippen molar-refractivity contribution in [1.29, 1.82) is 0 Å². The lowest BCUT2D eigenvalue weighted by Crippen LogP contribution is -2.35. The monoisotopic (exact) mass is 339 g/mol. The molecule has 2 aromatic heterocycles. The molecule has 1 aliphatic heterocycles. The second kappa shape index (κ2) is 5.97. The van der Waals surface area contributed by atoms with Gasteiger partial charge in [0.2, 0.25) is 11.8 Å². The first kappa shape index (κ1) is 15.3. The summed E-state index contributed by atoms with van der Waals surface area (Å²) in [7, 11) is 0. The maximum atomic E-state index is 13.4. The summed E-state index contributed by atoms with van der Waals surface area (Å²) in [4.78, 5) is 32.6. The third kappa shape index (κ3) is 2.82. The van der Waals surface area contributed by atoms with Gasteiger partial charge in [-0.15, -0.1) is 0 Å². The largest absolute Gasteiger partial charge is 0.350 e. The summed E-state index contributed by atoms with van der Waals surface area (Å²) in [6.07, 6.45) is 6.71. The Labute approximate surface area is 141 Å². The maximum Gasteiger partial charge on any atom is 0.228 e. The van der Waals surface area contributed by atoms with E-state index in [-0.39, 0.29) is 24.8 Å². The maximum absolute atomic E-state index is 13.4. The molecule has 3 heterocycles. The van der Waals surface area contributed by atoms with Gasteiger partial charge in [0.05, 0.1) is 30.6 Å². The molecule has 1 aliphatic rings. The topological polar surface area (TPSA) is 88.4 Å². The number of nitrogens with one attached hydrogen (secondary N) is 2. The predicted molar refractivity (Wildman–Crippen MR) is 87.2 cm³/mol. The Morgan fingerprint density at radius 3 is 3.16 bits per heavy atom. The number of benzene rings is 1. The van der Waals surface area contributed by atoms with Gasteiger partial charge < -0.3 is 10.6 Å². The minimum atomic E-state index is -0.648. The minimum absolute atomic E-state index is 0.0293. The van der Waals surface area contributed by atoms with E-state index in [0.717, 1.165) is 5.69 Å². The lowest BCUT2D eigenvalue weighted by atomic mass is 9.89. The highest BCUT2D eigenvalue weighted by atomic mass is 19.1. The number of amides is 2. The van der Waals surface area contributed by atoms with E-state index in [1.807, 2.05) is 4.40 Å². The Kier molecular flexibility index (Phi) is 3.64. The second-order valence-electron chi connectivity index (χ2n) is 5.81. The smallest absolute Gasteiger partial charge is 0.228 e. The summed E-state index contributed by atoms with van der Waals surface area (Å²) in [6.45, 7) is 0.263. The fourth-order valence-corrected chi connectivity index (χ4v) is 3.00. The van der Waals surface area contributed by atoms with Crippen LogP contribution in [-0.4, -0.2) is 26.2 Å². The molecule has 0 saturated heterocycles. The van der Waals surface area contributed by atoms with Crippen molar-refractivity contribution in [3.05, 3.63) is 60.1 Å². The van der Waals surface area contributed by atoms with Crippen LogP contribution in [0.2, 0.25) is 0 Å². The van der Waals surface area contributed by atoms with Crippen LogP contribution in [0.25, 0.3) is 5.65 Å². The van der Waals surface area contributed by atoms with Crippen molar-refractivity contribution in [3.63, 3.8) is 0 Å². The van der Waals surface area contributed by atoms with Crippen molar-refractivity contribution in [3.8, 4) is 0 Å². The Hall–Kier alpha value is -3.29. The molecule has 1 atom stereocenters. The SMILES string of the molecule is O=C1C[C@H](C(=O)NCc2cnc3cnccn23)c2ccc(F)cc2N1. The number of carbonyl (C=O) groups is 2. The molecule has 25 heavy (non-hydrogen) atoms. The molecule has 0 bridgehead atoms. The molecule has 0 saturated carbocycles. The standard InChI is InChI=1S/C17H14FN5O2/c18-10-1-2-12-13(6-16(24)22-14(12)5-10)17(25)21-8-11-7-20-15-9-19-3-4-23(11)15/h1-5,7,9,13H,6,8H2,(H,21,25)(H,22,24)/t13-/m0/s1. The zero-order valence-corrected chi connectivity index (χ0v) is 13.1. The molecule has 7 nitrogen and oxygen atoms in total. The van der Waals surface area contributed by atoms with Gasteiger partial charge in [-0.05, 0) is 17.7 Å². The Morgan fingerprint density at radius 1 is 1.40 bits per heavy atom. The van der Waals surface area contributed by atoms with Gasteiger partial charge in [0.25, 0.3) is 0 Å². The molecule has 0 radical (unpaired) electrons. The summed E-state index contributed by atoms with van der Waals surface area (Å²) in [5.41, 5.74) is 2.44. The third-order valence-corrected chi connectivity index (χ3v) is 4.21. The molecule has 2 amide bonds. The normalized spacial score (nSPS) is 16.4. The van der Waals surface area contributed by atoms with E-state index >= 15 is 0 Å². The van der Waals surface area contributed by atoms with Crippen LogP contribution in [-0.2, 0) is 16.1 Å². The van der Waals surface area contributed by atoms with Gasteiger partial charge >= 0.3 is 0 Å². The molecule has 0 unspecified atom stereocenters. The van der Waals surface area contributed by atoms with Crippen molar-refractivity contribution in [1.82, 2.24) is 19.7 Å². The van der Waals surface area contributed by atoms with Crippen LogP contribution < -0.4 is 10.6 Å². The average molecular weight is 339 g/mol. The van der Waals surface area contributed by atoms with E-state index in [4.69, 9.17) is 0 Å². The molecule has 0 fully saturated rings. The van der Waals surface area contributed by atoms with Crippen molar-refractivity contribution in [2.24, 2.45) is 0 Å². The summed E-state index contributed by atoms with van der Waals surface area (Å²) >= 11 is 0. The number of imidazole rings is 1. The number of fused-ring (bicyclic) bond motifs is 2. The van der Waals surface area contributed by atoms with E-state index in [1.165, 1.54) is 18.2 Å². The predicted octanol–water partition coefficient (Wildman–Crippen LogP) is 1.61. The Morgan fingerprint density at radius 2 is 2.28 bits per heavy atom. The highest BCUT2D eigenvalue weighted by molar-refractivity contribution is 6.01. The van der Waals surface area contributed by atoms with Gasteiger partial charge in [0.1, 0.15) is 5.82 Å². The lowest BCUT2D eigenvalue weighted by molar-refractivity contribution is -0.126. The number of anilines is 1. The van der Waals surface area contributed by atoms with E-state index in [2.05, 4.69) is 20.6 Å². The Balaban J connectivity index is 1.54. The van der Waals surface area contributed by atoms with E-state index in [1.54, 1.807) is 24.8 Å². The molecule has 8 heteroatoms. The van der Waals surface area contributed by atoms with Crippen LogP contribution in [0.15, 0.2) is 43.0 Å². The number of carbonyl (C=O) groups excluding carboxylic acids is 2. The fraction of sp³-hybridized carbons (Fsp3) is 0.176. The summed E-state index contributed by atoms with van der Waals surface area (Å²) < 4.78 is 15.2. The van der Waals surface area contributed by atoms with Crippen molar-refractivity contribution in [2.75, 3.05) is 5.32 Å². The molecule has 0 aliphatic carbocycles. The van der Waals surface area contributed by atoms with Gasteiger partial charge in [0.15, 0.2) is 5.65 Å². The molecular weight excluding hydrogens is 325 g/mol. The highest BCUT2D eigenvalue weighted by Gasteiger charge is 2.30. The van der Waals surface area contributed by atoms with Crippen LogP contribution in [0.3, 0.4) is 0 Å². The van der Waals surface area contributed by atoms with Crippen LogP contribution in [0.5, 0.6) is 0 Å². The van der Waals surface area contributed by atoms with Gasteiger partial charge in [-0.3, -0.25) is 19.0 Å². The first-order chi connectivity index (χ1) is 12.1. The number of hydrogen-bond acceptors (Lipinski definition) is 4. The molecular formula is C17H14FN5O2. The van der Waals surface area contributed by atoms with Crippen LogP contribution in [0, 0.1) is 5.82 Å². The molecule has 126 valence electrons. The van der Waals surface area contributed by atoms with Gasteiger partial charge in [-0.25, -0.2) is 9.37 Å². The number of aromatic nitrogens is 3. The van der Waals surface area contributed by atoms with Gasteiger partial charge in [-0.1, -0.05) is 6.07 Å². The summed E-state index contributed by atoms with van der Waals surface area (Å²) in [5.74, 6) is -1.70. The van der Waals surface area contributed by atoms with Crippen molar-refractivity contribution in [2.45, 2.75) is 18.9 Å². The number of rotatable bonds is 3. The number of hydrogen-bond donors (Lipinski definition) is 2. The van der Waals surface area contributed by atoms with E-state index in [0.29, 0.717) is 16.9 Å². The summed E-state index contributed by atoms with van der Waals surface area (Å²) in [5, 5.41) is 5.43. The Bertz CT molecular complexity index is 984. The average Bonchev–Trinajstić information content (AvgIpc) is 3.01. The second-order valence-corrected chi connectivity index (χ2v) is 5.81. The van der Waals surface area contributed by atoms with E-state index < -0.39 is 11.7 Å². The van der Waals surface area contributed by atoms with Crippen LogP contribution in [0.4, 0.5) is 10.1 Å². The minimum Gasteiger partial charge on any atom is -0.350 e. The first-order valence-corrected chi connectivity index (χ1v) is 7.75. The van der Waals surface area contributed by atoms with Gasteiger partial charge in [0, 0.05) is 24.5 Å². The fourth-order valence-electron chi connectivity index (χ4n) is 3.00. The molecule has 2 N–H and O–H groups in total. The summed E-state index contributed by atoms with van der Waals surface area (Å²) in [6, 6.07) is 4.05. The van der Waals surface area contributed by atoms with Crippen LogP contribution in [0.1, 0.15) is 23.6 Å². The van der Waals surface area contributed by atoms with Gasteiger partial charge in [-0.2, -0.15) is 0 Å². The zero-order chi connectivity index (χ0) is 17.4. The van der Waals surface area contributed by atoms with E-state index in [9.17, 15) is 14.0 Å². The highest BCUT2D eigenvalue weighted by Crippen LogP contribution is 2.32. The van der Waals surface area contributed by atoms with Crippen molar-refractivity contribution >= 4 is 23.1 Å².